The fraction of sp³-hybridized carbons (Fsp3) is 0.250. The summed E-state index contributed by atoms with van der Waals surface area (Å²) in [6, 6.07) is 0. The first-order chi connectivity index (χ1) is 6.24. The van der Waals surface area contributed by atoms with Crippen LogP contribution in [0.5, 0.6) is 5.75 Å². The van der Waals surface area contributed by atoms with E-state index in [0.29, 0.717) is 10.9 Å². The number of H-pyrrole nitrogens is 1. The minimum absolute atomic E-state index is 0.369. The SMILES string of the molecule is COc1c(Cl)nc(C)c2[nH]ncc12. The van der Waals surface area contributed by atoms with Crippen LogP contribution in [-0.2, 0) is 0 Å². The molecule has 4 nitrogen and oxygen atoms in total. The highest BCUT2D eigenvalue weighted by molar-refractivity contribution is 6.32. The average Bonchev–Trinajstić information content (AvgIpc) is 2.53. The van der Waals surface area contributed by atoms with Crippen molar-refractivity contribution in [2.24, 2.45) is 0 Å². The van der Waals surface area contributed by atoms with Crippen molar-refractivity contribution in [1.29, 1.82) is 0 Å². The van der Waals surface area contributed by atoms with Gasteiger partial charge < -0.3 is 4.74 Å². The summed E-state index contributed by atoms with van der Waals surface area (Å²) in [7, 11) is 1.56. The number of hydrogen-bond donors (Lipinski definition) is 1. The van der Waals surface area contributed by atoms with Crippen LogP contribution in [-0.4, -0.2) is 22.3 Å². The van der Waals surface area contributed by atoms with Gasteiger partial charge in [-0.25, -0.2) is 4.98 Å². The van der Waals surface area contributed by atoms with E-state index < -0.39 is 0 Å². The molecule has 0 aliphatic heterocycles. The summed E-state index contributed by atoms with van der Waals surface area (Å²) in [5, 5.41) is 7.98. The monoisotopic (exact) mass is 197 g/mol. The maximum Gasteiger partial charge on any atom is 0.172 e. The zero-order valence-corrected chi connectivity index (χ0v) is 8.01. The molecule has 0 amide bonds. The molecule has 13 heavy (non-hydrogen) atoms. The van der Waals surface area contributed by atoms with Crippen LogP contribution in [0.15, 0.2) is 6.20 Å². The minimum Gasteiger partial charge on any atom is -0.493 e. The molecule has 68 valence electrons. The highest BCUT2D eigenvalue weighted by atomic mass is 35.5. The number of aryl methyl sites for hydroxylation is 1. The Morgan fingerprint density at radius 1 is 1.54 bits per heavy atom. The summed E-state index contributed by atoms with van der Waals surface area (Å²) in [5.74, 6) is 0.566. The summed E-state index contributed by atoms with van der Waals surface area (Å²) in [5.41, 5.74) is 1.68. The van der Waals surface area contributed by atoms with Gasteiger partial charge in [0.05, 0.1) is 29.9 Å². The molecule has 2 heterocycles. The first-order valence-corrected chi connectivity index (χ1v) is 4.15. The van der Waals surface area contributed by atoms with Crippen molar-refractivity contribution in [3.05, 3.63) is 17.0 Å². The predicted octanol–water partition coefficient (Wildman–Crippen LogP) is 1.93. The fourth-order valence-corrected chi connectivity index (χ4v) is 1.60. The van der Waals surface area contributed by atoms with E-state index in [1.807, 2.05) is 6.92 Å². The zero-order chi connectivity index (χ0) is 9.42. The maximum atomic E-state index is 5.89. The summed E-state index contributed by atoms with van der Waals surface area (Å²) in [6.07, 6.45) is 1.68. The van der Waals surface area contributed by atoms with Gasteiger partial charge in [0.15, 0.2) is 10.9 Å². The Labute approximate surface area is 79.9 Å². The second kappa shape index (κ2) is 2.88. The first kappa shape index (κ1) is 8.31. The van der Waals surface area contributed by atoms with Crippen LogP contribution in [0.25, 0.3) is 10.9 Å². The van der Waals surface area contributed by atoms with Crippen LogP contribution in [0.3, 0.4) is 0 Å². The highest BCUT2D eigenvalue weighted by Gasteiger charge is 2.11. The molecule has 0 bridgehead atoms. The Morgan fingerprint density at radius 3 is 3.00 bits per heavy atom. The quantitative estimate of drug-likeness (QED) is 0.711. The molecule has 0 aliphatic carbocycles. The van der Waals surface area contributed by atoms with Crippen molar-refractivity contribution in [3.63, 3.8) is 0 Å². The predicted molar refractivity (Wildman–Crippen MR) is 50.2 cm³/mol. The fourth-order valence-electron chi connectivity index (χ4n) is 1.29. The third-order valence-electron chi connectivity index (χ3n) is 1.90. The summed E-state index contributed by atoms with van der Waals surface area (Å²) >= 11 is 5.89. The molecule has 1 N–H and O–H groups in total. The molecule has 2 aromatic rings. The lowest BCUT2D eigenvalue weighted by molar-refractivity contribution is 0.418. The molecule has 0 atom stereocenters. The van der Waals surface area contributed by atoms with Crippen molar-refractivity contribution < 1.29 is 4.74 Å². The van der Waals surface area contributed by atoms with E-state index in [9.17, 15) is 0 Å². The number of methoxy groups -OCH3 is 1. The van der Waals surface area contributed by atoms with Crippen LogP contribution in [0.1, 0.15) is 5.69 Å². The van der Waals surface area contributed by atoms with Gasteiger partial charge in [-0.15, -0.1) is 0 Å². The van der Waals surface area contributed by atoms with E-state index in [2.05, 4.69) is 15.2 Å². The van der Waals surface area contributed by atoms with Crippen LogP contribution in [0.4, 0.5) is 0 Å². The number of fused-ring (bicyclic) bond motifs is 1. The molecule has 0 saturated heterocycles. The van der Waals surface area contributed by atoms with Crippen LogP contribution in [0.2, 0.25) is 5.15 Å². The van der Waals surface area contributed by atoms with E-state index in [0.717, 1.165) is 16.6 Å². The normalized spacial score (nSPS) is 10.7. The molecule has 0 aromatic carbocycles. The number of nitrogens with one attached hydrogen (secondary N) is 1. The number of aromatic nitrogens is 3. The number of halogens is 1. The van der Waals surface area contributed by atoms with E-state index in [-0.39, 0.29) is 0 Å². The summed E-state index contributed by atoms with van der Waals surface area (Å²) in [4.78, 5) is 4.11. The van der Waals surface area contributed by atoms with Crippen molar-refractivity contribution in [3.8, 4) is 5.75 Å². The van der Waals surface area contributed by atoms with Gasteiger partial charge in [0.2, 0.25) is 0 Å². The van der Waals surface area contributed by atoms with Crippen molar-refractivity contribution in [2.45, 2.75) is 6.92 Å². The number of rotatable bonds is 1. The molecule has 0 aliphatic rings. The molecular formula is C8H8ClN3O. The number of pyridine rings is 1. The lowest BCUT2D eigenvalue weighted by Crippen LogP contribution is -1.91. The van der Waals surface area contributed by atoms with Crippen LogP contribution < -0.4 is 4.74 Å². The van der Waals surface area contributed by atoms with Gasteiger partial charge in [-0.3, -0.25) is 5.10 Å². The second-order valence-corrected chi connectivity index (χ2v) is 3.04. The third kappa shape index (κ3) is 1.14. The Bertz CT molecular complexity index is 452. The smallest absolute Gasteiger partial charge is 0.172 e. The topological polar surface area (TPSA) is 50.8 Å². The lowest BCUT2D eigenvalue weighted by atomic mass is 10.2. The summed E-state index contributed by atoms with van der Waals surface area (Å²) < 4.78 is 5.12. The third-order valence-corrected chi connectivity index (χ3v) is 2.16. The van der Waals surface area contributed by atoms with Gasteiger partial charge in [0.1, 0.15) is 0 Å². The van der Waals surface area contributed by atoms with Crippen LogP contribution in [0, 0.1) is 6.92 Å². The standard InChI is InChI=1S/C8H8ClN3O/c1-4-6-5(3-10-12-6)7(13-2)8(9)11-4/h3H,1-2H3,(H,10,12). The molecule has 0 unspecified atom stereocenters. The maximum absolute atomic E-state index is 5.89. The molecule has 0 radical (unpaired) electrons. The molecule has 0 fully saturated rings. The Hall–Kier alpha value is -1.29. The summed E-state index contributed by atoms with van der Waals surface area (Å²) in [6.45, 7) is 1.87. The first-order valence-electron chi connectivity index (χ1n) is 3.77. The molecule has 5 heteroatoms. The second-order valence-electron chi connectivity index (χ2n) is 2.68. The van der Waals surface area contributed by atoms with Gasteiger partial charge in [-0.2, -0.15) is 5.10 Å². The zero-order valence-electron chi connectivity index (χ0n) is 7.26. The minimum atomic E-state index is 0.369. The molecule has 2 aromatic heterocycles. The average molecular weight is 198 g/mol. The highest BCUT2D eigenvalue weighted by Crippen LogP contribution is 2.31. The number of hydrogen-bond acceptors (Lipinski definition) is 3. The van der Waals surface area contributed by atoms with Crippen molar-refractivity contribution in [1.82, 2.24) is 15.2 Å². The van der Waals surface area contributed by atoms with Gasteiger partial charge >= 0.3 is 0 Å². The Morgan fingerprint density at radius 2 is 2.31 bits per heavy atom. The molecule has 0 saturated carbocycles. The van der Waals surface area contributed by atoms with E-state index in [1.165, 1.54) is 0 Å². The lowest BCUT2D eigenvalue weighted by Gasteiger charge is -2.04. The largest absolute Gasteiger partial charge is 0.493 e. The van der Waals surface area contributed by atoms with E-state index >= 15 is 0 Å². The number of aromatic amines is 1. The van der Waals surface area contributed by atoms with Crippen molar-refractivity contribution >= 4 is 22.5 Å². The number of ether oxygens (including phenoxy) is 1. The van der Waals surface area contributed by atoms with Gasteiger partial charge in [0, 0.05) is 0 Å². The Kier molecular flexibility index (Phi) is 1.84. The van der Waals surface area contributed by atoms with E-state index in [1.54, 1.807) is 13.3 Å². The molecule has 2 rings (SSSR count). The van der Waals surface area contributed by atoms with Crippen LogP contribution >= 0.6 is 11.6 Å². The molecular weight excluding hydrogens is 190 g/mol. The van der Waals surface area contributed by atoms with Gasteiger partial charge in [-0.05, 0) is 6.92 Å². The Balaban J connectivity index is 2.88. The van der Waals surface area contributed by atoms with Crippen molar-refractivity contribution in [2.75, 3.05) is 7.11 Å². The number of nitrogens with zero attached hydrogens (tertiary/aromatic N) is 2. The van der Waals surface area contributed by atoms with Gasteiger partial charge in [0.25, 0.3) is 0 Å². The van der Waals surface area contributed by atoms with E-state index in [4.69, 9.17) is 16.3 Å². The van der Waals surface area contributed by atoms with Gasteiger partial charge in [-0.1, -0.05) is 11.6 Å². The molecule has 0 spiro atoms.